The van der Waals surface area contributed by atoms with Crippen LogP contribution in [0.3, 0.4) is 0 Å². The molecule has 2 heterocycles. The summed E-state index contributed by atoms with van der Waals surface area (Å²) in [6.07, 6.45) is 0.821. The van der Waals surface area contributed by atoms with E-state index in [0.717, 1.165) is 34.8 Å². The van der Waals surface area contributed by atoms with E-state index >= 15 is 0 Å². The van der Waals surface area contributed by atoms with Crippen molar-refractivity contribution < 1.29 is 14.3 Å². The fourth-order valence-corrected chi connectivity index (χ4v) is 2.36. The Morgan fingerprint density at radius 3 is 3.05 bits per heavy atom. The molecule has 1 aliphatic rings. The Morgan fingerprint density at radius 2 is 2.30 bits per heavy atom. The van der Waals surface area contributed by atoms with E-state index in [1.165, 1.54) is 7.11 Å². The lowest BCUT2D eigenvalue weighted by molar-refractivity contribution is 0.0601. The largest absolute Gasteiger partial charge is 0.465 e. The van der Waals surface area contributed by atoms with Crippen LogP contribution in [0.15, 0.2) is 18.2 Å². The maximum Gasteiger partial charge on any atom is 0.337 e. The van der Waals surface area contributed by atoms with Gasteiger partial charge in [0.1, 0.15) is 5.82 Å². The fourth-order valence-electron chi connectivity index (χ4n) is 2.36. The summed E-state index contributed by atoms with van der Waals surface area (Å²) in [6, 6.07) is 5.47. The lowest BCUT2D eigenvalue weighted by atomic mass is 10.0. The zero-order valence-corrected chi connectivity index (χ0v) is 11.5. The molecule has 0 saturated carbocycles. The molecule has 0 fully saturated rings. The number of aromatic nitrogens is 2. The molecule has 0 unspecified atom stereocenters. The van der Waals surface area contributed by atoms with Crippen molar-refractivity contribution in [1.29, 1.82) is 0 Å². The number of methoxy groups -OCH3 is 1. The van der Waals surface area contributed by atoms with Gasteiger partial charge in [0.25, 0.3) is 0 Å². The highest BCUT2D eigenvalue weighted by atomic mass is 16.5. The summed E-state index contributed by atoms with van der Waals surface area (Å²) in [5, 5.41) is 0. The van der Waals surface area contributed by atoms with Crippen LogP contribution in [-0.4, -0.2) is 29.7 Å². The first-order valence-electron chi connectivity index (χ1n) is 6.54. The number of hydrogen-bond acceptors (Lipinski definition) is 4. The van der Waals surface area contributed by atoms with Crippen molar-refractivity contribution in [2.75, 3.05) is 13.7 Å². The van der Waals surface area contributed by atoms with Crippen LogP contribution < -0.4 is 0 Å². The van der Waals surface area contributed by atoms with Crippen LogP contribution in [0.4, 0.5) is 0 Å². The molecule has 0 atom stereocenters. The van der Waals surface area contributed by atoms with Crippen LogP contribution in [0.25, 0.3) is 11.4 Å². The molecule has 5 nitrogen and oxygen atoms in total. The van der Waals surface area contributed by atoms with Crippen molar-refractivity contribution in [3.8, 4) is 11.4 Å². The molecule has 0 aliphatic carbocycles. The van der Waals surface area contributed by atoms with Crippen molar-refractivity contribution in [2.45, 2.75) is 20.0 Å². The number of imidazole rings is 1. The Kier molecular flexibility index (Phi) is 3.28. The van der Waals surface area contributed by atoms with Gasteiger partial charge in [-0.1, -0.05) is 6.07 Å². The lowest BCUT2D eigenvalue weighted by Gasteiger charge is -2.09. The zero-order chi connectivity index (χ0) is 14.1. The van der Waals surface area contributed by atoms with Gasteiger partial charge >= 0.3 is 5.97 Å². The molecule has 1 N–H and O–H groups in total. The van der Waals surface area contributed by atoms with Gasteiger partial charge in [-0.2, -0.15) is 0 Å². The molecule has 5 heteroatoms. The first-order valence-corrected chi connectivity index (χ1v) is 6.54. The van der Waals surface area contributed by atoms with Gasteiger partial charge in [-0.15, -0.1) is 0 Å². The minimum Gasteiger partial charge on any atom is -0.465 e. The van der Waals surface area contributed by atoms with Gasteiger partial charge in [0.05, 0.1) is 37.3 Å². The number of nitrogens with zero attached hydrogens (tertiary/aromatic N) is 1. The van der Waals surface area contributed by atoms with E-state index in [4.69, 9.17) is 9.47 Å². The number of carbonyl (C=O) groups excluding carboxylic acids is 1. The van der Waals surface area contributed by atoms with E-state index in [0.29, 0.717) is 18.8 Å². The molecule has 20 heavy (non-hydrogen) atoms. The molecule has 1 aromatic carbocycles. The number of ether oxygens (including phenoxy) is 2. The van der Waals surface area contributed by atoms with Crippen molar-refractivity contribution in [3.05, 3.63) is 40.7 Å². The number of aromatic amines is 1. The number of esters is 1. The number of carbonyl (C=O) groups is 1. The Bertz CT molecular complexity index is 638. The van der Waals surface area contributed by atoms with Crippen molar-refractivity contribution in [3.63, 3.8) is 0 Å². The number of nitrogens with one attached hydrogen (secondary N) is 1. The third-order valence-corrected chi connectivity index (χ3v) is 3.51. The molecule has 0 amide bonds. The predicted octanol–water partition coefficient (Wildman–Crippen LogP) is 2.24. The number of benzene rings is 1. The second-order valence-electron chi connectivity index (χ2n) is 4.83. The summed E-state index contributed by atoms with van der Waals surface area (Å²) in [5.74, 6) is 0.439. The van der Waals surface area contributed by atoms with Gasteiger partial charge in [0.15, 0.2) is 0 Å². The van der Waals surface area contributed by atoms with Crippen LogP contribution >= 0.6 is 0 Å². The summed E-state index contributed by atoms with van der Waals surface area (Å²) in [4.78, 5) is 19.5. The minimum absolute atomic E-state index is 0.342. The summed E-state index contributed by atoms with van der Waals surface area (Å²) >= 11 is 0. The Morgan fingerprint density at radius 1 is 1.45 bits per heavy atom. The molecule has 0 spiro atoms. The van der Waals surface area contributed by atoms with Crippen LogP contribution in [0, 0.1) is 6.92 Å². The van der Waals surface area contributed by atoms with Crippen molar-refractivity contribution in [2.24, 2.45) is 0 Å². The molecule has 2 aromatic rings. The summed E-state index contributed by atoms with van der Waals surface area (Å²) in [7, 11) is 1.38. The molecule has 104 valence electrons. The van der Waals surface area contributed by atoms with Gasteiger partial charge in [-0.25, -0.2) is 9.78 Å². The number of aryl methyl sites for hydroxylation is 1. The summed E-state index contributed by atoms with van der Waals surface area (Å²) < 4.78 is 10.2. The highest BCUT2D eigenvalue weighted by Gasteiger charge is 2.17. The average Bonchev–Trinajstić information content (AvgIpc) is 2.90. The molecule has 0 saturated heterocycles. The normalized spacial score (nSPS) is 13.9. The highest BCUT2D eigenvalue weighted by Crippen LogP contribution is 2.25. The minimum atomic E-state index is -0.342. The van der Waals surface area contributed by atoms with Crippen LogP contribution in [0.5, 0.6) is 0 Å². The average molecular weight is 272 g/mol. The molecule has 3 rings (SSSR count). The smallest absolute Gasteiger partial charge is 0.337 e. The van der Waals surface area contributed by atoms with Crippen molar-refractivity contribution in [1.82, 2.24) is 9.97 Å². The Hall–Kier alpha value is -2.14. The molecule has 0 radical (unpaired) electrons. The maximum absolute atomic E-state index is 11.6. The number of H-pyrrole nitrogens is 1. The third kappa shape index (κ3) is 2.20. The van der Waals surface area contributed by atoms with E-state index in [9.17, 15) is 4.79 Å². The molecule has 1 aromatic heterocycles. The maximum atomic E-state index is 11.6. The lowest BCUT2D eigenvalue weighted by Crippen LogP contribution is -2.08. The number of fused-ring (bicyclic) bond motifs is 1. The second kappa shape index (κ2) is 5.09. The van der Waals surface area contributed by atoms with Gasteiger partial charge in [-0.05, 0) is 24.6 Å². The summed E-state index contributed by atoms with van der Waals surface area (Å²) in [5.41, 5.74) is 4.58. The summed E-state index contributed by atoms with van der Waals surface area (Å²) in [6.45, 7) is 3.27. The first kappa shape index (κ1) is 12.9. The van der Waals surface area contributed by atoms with Gasteiger partial charge in [-0.3, -0.25) is 0 Å². The van der Waals surface area contributed by atoms with Gasteiger partial charge in [0.2, 0.25) is 0 Å². The zero-order valence-electron chi connectivity index (χ0n) is 11.5. The van der Waals surface area contributed by atoms with E-state index in [2.05, 4.69) is 9.97 Å². The standard InChI is InChI=1S/C15H16N2O3/c1-9-3-4-10(15(18)19-2)7-11(9)14-16-12-5-6-20-8-13(12)17-14/h3-4,7H,5-6,8H2,1-2H3,(H,16,17). The SMILES string of the molecule is COC(=O)c1ccc(C)c(-c2nc3c([nH]2)COCC3)c1. The fraction of sp³-hybridized carbons (Fsp3) is 0.333. The van der Waals surface area contributed by atoms with E-state index < -0.39 is 0 Å². The predicted molar refractivity (Wildman–Crippen MR) is 73.5 cm³/mol. The number of rotatable bonds is 2. The van der Waals surface area contributed by atoms with Gasteiger partial charge in [0, 0.05) is 12.0 Å². The van der Waals surface area contributed by atoms with Crippen molar-refractivity contribution >= 4 is 5.97 Å². The number of hydrogen-bond donors (Lipinski definition) is 1. The van der Waals surface area contributed by atoms with E-state index in [1.54, 1.807) is 6.07 Å². The van der Waals surface area contributed by atoms with E-state index in [1.807, 2.05) is 19.1 Å². The van der Waals surface area contributed by atoms with Crippen LogP contribution in [0.2, 0.25) is 0 Å². The Labute approximate surface area is 116 Å². The monoisotopic (exact) mass is 272 g/mol. The molecule has 0 bridgehead atoms. The second-order valence-corrected chi connectivity index (χ2v) is 4.83. The molecular formula is C15H16N2O3. The first-order chi connectivity index (χ1) is 9.69. The van der Waals surface area contributed by atoms with Gasteiger partial charge < -0.3 is 14.5 Å². The van der Waals surface area contributed by atoms with E-state index in [-0.39, 0.29) is 5.97 Å². The third-order valence-electron chi connectivity index (χ3n) is 3.51. The quantitative estimate of drug-likeness (QED) is 0.852. The topological polar surface area (TPSA) is 64.2 Å². The Balaban J connectivity index is 2.04. The molecular weight excluding hydrogens is 256 g/mol. The molecule has 1 aliphatic heterocycles. The van der Waals surface area contributed by atoms with Crippen LogP contribution in [-0.2, 0) is 22.5 Å². The van der Waals surface area contributed by atoms with Crippen LogP contribution in [0.1, 0.15) is 27.3 Å². The highest BCUT2D eigenvalue weighted by molar-refractivity contribution is 5.91.